The molecule has 0 spiro atoms. The highest BCUT2D eigenvalue weighted by molar-refractivity contribution is 5.84. The number of hydrogen-bond donors (Lipinski definition) is 1. The lowest BCUT2D eigenvalue weighted by atomic mass is 10.1. The lowest BCUT2D eigenvalue weighted by molar-refractivity contribution is 0.654. The summed E-state index contributed by atoms with van der Waals surface area (Å²) in [5.41, 5.74) is 2.66. The summed E-state index contributed by atoms with van der Waals surface area (Å²) in [6.07, 6.45) is 2.20. The zero-order valence-corrected chi connectivity index (χ0v) is 8.91. The van der Waals surface area contributed by atoms with Gasteiger partial charge < -0.3 is 9.88 Å². The zero-order valence-electron chi connectivity index (χ0n) is 8.91. The number of hydrogen-bond acceptors (Lipinski definition) is 1. The van der Waals surface area contributed by atoms with Gasteiger partial charge in [0.1, 0.15) is 0 Å². The largest absolute Gasteiger partial charge is 0.350 e. The van der Waals surface area contributed by atoms with Crippen molar-refractivity contribution < 1.29 is 0 Å². The van der Waals surface area contributed by atoms with Crippen molar-refractivity contribution in [3.8, 4) is 0 Å². The molecule has 0 aliphatic rings. The van der Waals surface area contributed by atoms with Crippen LogP contribution in [-0.4, -0.2) is 11.6 Å². The minimum atomic E-state index is 0.404. The molecule has 0 bridgehead atoms. The van der Waals surface area contributed by atoms with E-state index >= 15 is 0 Å². The molecule has 74 valence electrons. The van der Waals surface area contributed by atoms with Gasteiger partial charge >= 0.3 is 0 Å². The van der Waals surface area contributed by atoms with E-state index in [1.807, 2.05) is 7.05 Å². The normalized spacial score (nSPS) is 13.4. The summed E-state index contributed by atoms with van der Waals surface area (Å²) in [5, 5.41) is 4.62. The number of benzene rings is 1. The molecule has 1 atom stereocenters. The van der Waals surface area contributed by atoms with Gasteiger partial charge in [0, 0.05) is 30.2 Å². The Morgan fingerprint density at radius 1 is 1.29 bits per heavy atom. The maximum Gasteiger partial charge on any atom is 0.0481 e. The third-order valence-electron chi connectivity index (χ3n) is 2.83. The van der Waals surface area contributed by atoms with Crippen molar-refractivity contribution in [1.29, 1.82) is 0 Å². The predicted octanol–water partition coefficient (Wildman–Crippen LogP) is 2.46. The number of nitrogens with zero attached hydrogens (tertiary/aromatic N) is 1. The quantitative estimate of drug-likeness (QED) is 0.766. The Kier molecular flexibility index (Phi) is 2.30. The summed E-state index contributed by atoms with van der Waals surface area (Å²) in [7, 11) is 4.08. The van der Waals surface area contributed by atoms with Crippen LogP contribution in [0.15, 0.2) is 30.5 Å². The van der Waals surface area contributed by atoms with Crippen molar-refractivity contribution in [2.24, 2.45) is 7.05 Å². The van der Waals surface area contributed by atoms with Gasteiger partial charge in [-0.05, 0) is 25.6 Å². The van der Waals surface area contributed by atoms with Crippen molar-refractivity contribution >= 4 is 10.9 Å². The highest BCUT2D eigenvalue weighted by Gasteiger charge is 2.10. The molecule has 1 N–H and O–H groups in total. The van der Waals surface area contributed by atoms with Gasteiger partial charge in [-0.15, -0.1) is 0 Å². The number of fused-ring (bicyclic) bond motifs is 1. The van der Waals surface area contributed by atoms with Crippen LogP contribution < -0.4 is 5.32 Å². The fraction of sp³-hybridized carbons (Fsp3) is 0.333. The Hall–Kier alpha value is -1.28. The molecule has 2 aromatic rings. The van der Waals surface area contributed by atoms with Gasteiger partial charge in [-0.25, -0.2) is 0 Å². The van der Waals surface area contributed by atoms with E-state index in [0.717, 1.165) is 0 Å². The Labute approximate surface area is 84.5 Å². The number of aromatic nitrogens is 1. The maximum absolute atomic E-state index is 3.27. The van der Waals surface area contributed by atoms with Gasteiger partial charge in [0.15, 0.2) is 0 Å². The molecule has 1 heterocycles. The van der Waals surface area contributed by atoms with Crippen LogP contribution in [0.1, 0.15) is 18.5 Å². The predicted molar refractivity (Wildman–Crippen MR) is 60.4 cm³/mol. The molecule has 2 heteroatoms. The van der Waals surface area contributed by atoms with Crippen molar-refractivity contribution in [1.82, 2.24) is 9.88 Å². The number of rotatable bonds is 2. The highest BCUT2D eigenvalue weighted by Crippen LogP contribution is 2.25. The lowest BCUT2D eigenvalue weighted by Gasteiger charge is -2.07. The van der Waals surface area contributed by atoms with Gasteiger partial charge in [0.2, 0.25) is 0 Å². The van der Waals surface area contributed by atoms with E-state index in [2.05, 4.69) is 54.3 Å². The number of aryl methyl sites for hydroxylation is 1. The molecule has 0 saturated heterocycles. The van der Waals surface area contributed by atoms with Crippen LogP contribution in [0.2, 0.25) is 0 Å². The second-order valence-corrected chi connectivity index (χ2v) is 3.72. The third-order valence-corrected chi connectivity index (χ3v) is 2.83. The monoisotopic (exact) mass is 188 g/mol. The van der Waals surface area contributed by atoms with E-state index in [4.69, 9.17) is 0 Å². The Balaban J connectivity index is 2.66. The second-order valence-electron chi connectivity index (χ2n) is 3.72. The summed E-state index contributed by atoms with van der Waals surface area (Å²) in [6.45, 7) is 2.18. The maximum atomic E-state index is 3.27. The number of nitrogens with one attached hydrogen (secondary N) is 1. The molecule has 0 amide bonds. The van der Waals surface area contributed by atoms with Gasteiger partial charge in [-0.3, -0.25) is 0 Å². The molecule has 0 aliphatic heterocycles. The van der Waals surface area contributed by atoms with Crippen LogP contribution in [0.4, 0.5) is 0 Å². The summed E-state index contributed by atoms with van der Waals surface area (Å²) in [5.74, 6) is 0. The molecule has 0 saturated carbocycles. The lowest BCUT2D eigenvalue weighted by Crippen LogP contribution is -2.11. The van der Waals surface area contributed by atoms with E-state index in [0.29, 0.717) is 6.04 Å². The fourth-order valence-electron chi connectivity index (χ4n) is 1.87. The molecular formula is C12H16N2. The third kappa shape index (κ3) is 1.32. The van der Waals surface area contributed by atoms with E-state index in [1.165, 1.54) is 16.5 Å². The van der Waals surface area contributed by atoms with Crippen LogP contribution in [-0.2, 0) is 7.05 Å². The van der Waals surface area contributed by atoms with E-state index in [1.54, 1.807) is 0 Å². The molecular weight excluding hydrogens is 172 g/mol. The van der Waals surface area contributed by atoms with E-state index in [-0.39, 0.29) is 0 Å². The minimum Gasteiger partial charge on any atom is -0.350 e. The zero-order chi connectivity index (χ0) is 10.1. The van der Waals surface area contributed by atoms with Crippen molar-refractivity contribution in [2.45, 2.75) is 13.0 Å². The van der Waals surface area contributed by atoms with Gasteiger partial charge in [-0.1, -0.05) is 18.2 Å². The number of para-hydroxylation sites is 1. The Bertz CT molecular complexity index is 443. The van der Waals surface area contributed by atoms with Crippen molar-refractivity contribution in [3.63, 3.8) is 0 Å². The van der Waals surface area contributed by atoms with Crippen LogP contribution >= 0.6 is 0 Å². The van der Waals surface area contributed by atoms with Crippen LogP contribution in [0.3, 0.4) is 0 Å². The topological polar surface area (TPSA) is 17.0 Å². The molecule has 1 aromatic heterocycles. The van der Waals surface area contributed by atoms with Gasteiger partial charge in [0.25, 0.3) is 0 Å². The van der Waals surface area contributed by atoms with E-state index < -0.39 is 0 Å². The average molecular weight is 188 g/mol. The smallest absolute Gasteiger partial charge is 0.0481 e. The minimum absolute atomic E-state index is 0.404. The summed E-state index contributed by atoms with van der Waals surface area (Å²) in [6, 6.07) is 8.91. The first-order chi connectivity index (χ1) is 6.74. The summed E-state index contributed by atoms with van der Waals surface area (Å²) in [4.78, 5) is 0. The van der Waals surface area contributed by atoms with Crippen molar-refractivity contribution in [2.75, 3.05) is 7.05 Å². The second kappa shape index (κ2) is 3.46. The standard InChI is InChI=1S/C12H16N2/c1-9(13-2)11-8-14(3)12-7-5-4-6-10(11)12/h4-9,13H,1-3H3/t9-/m0/s1. The molecule has 0 unspecified atom stereocenters. The Morgan fingerprint density at radius 2 is 2.00 bits per heavy atom. The molecule has 2 nitrogen and oxygen atoms in total. The van der Waals surface area contributed by atoms with E-state index in [9.17, 15) is 0 Å². The van der Waals surface area contributed by atoms with Crippen molar-refractivity contribution in [3.05, 3.63) is 36.0 Å². The molecule has 0 radical (unpaired) electrons. The van der Waals surface area contributed by atoms with Gasteiger partial charge in [-0.2, -0.15) is 0 Å². The molecule has 0 aliphatic carbocycles. The molecule has 0 fully saturated rings. The first-order valence-corrected chi connectivity index (χ1v) is 4.95. The summed E-state index contributed by atoms with van der Waals surface area (Å²) < 4.78 is 2.18. The molecule has 1 aromatic carbocycles. The molecule has 14 heavy (non-hydrogen) atoms. The van der Waals surface area contributed by atoms with Crippen LogP contribution in [0.25, 0.3) is 10.9 Å². The first-order valence-electron chi connectivity index (χ1n) is 4.95. The highest BCUT2D eigenvalue weighted by atomic mass is 14.9. The van der Waals surface area contributed by atoms with Crippen LogP contribution in [0, 0.1) is 0 Å². The Morgan fingerprint density at radius 3 is 2.71 bits per heavy atom. The first kappa shape index (κ1) is 9.28. The van der Waals surface area contributed by atoms with Crippen LogP contribution in [0.5, 0.6) is 0 Å². The molecule has 2 rings (SSSR count). The SMILES string of the molecule is CN[C@@H](C)c1cn(C)c2ccccc12. The average Bonchev–Trinajstić information content (AvgIpc) is 2.56. The van der Waals surface area contributed by atoms with Gasteiger partial charge in [0.05, 0.1) is 0 Å². The summed E-state index contributed by atoms with van der Waals surface area (Å²) >= 11 is 0. The fourth-order valence-corrected chi connectivity index (χ4v) is 1.87.